The summed E-state index contributed by atoms with van der Waals surface area (Å²) in [5.74, 6) is 0. The van der Waals surface area contributed by atoms with Crippen molar-refractivity contribution in [1.82, 2.24) is 0 Å². The van der Waals surface area contributed by atoms with Crippen LogP contribution in [0.15, 0.2) is 18.2 Å². The number of hydrogen-bond donors (Lipinski definition) is 2. The van der Waals surface area contributed by atoms with Crippen LogP contribution < -0.4 is 5.73 Å². The van der Waals surface area contributed by atoms with E-state index in [9.17, 15) is 5.11 Å². The van der Waals surface area contributed by atoms with Crippen molar-refractivity contribution in [3.05, 3.63) is 34.9 Å². The number of benzene rings is 1. The Morgan fingerprint density at radius 3 is 2.88 bits per heavy atom. The van der Waals surface area contributed by atoms with Gasteiger partial charge in [0.05, 0.1) is 0 Å². The van der Waals surface area contributed by atoms with E-state index in [1.54, 1.807) is 0 Å². The van der Waals surface area contributed by atoms with Gasteiger partial charge in [-0.25, -0.2) is 0 Å². The van der Waals surface area contributed by atoms with E-state index in [4.69, 9.17) is 5.73 Å². The third kappa shape index (κ3) is 2.00. The van der Waals surface area contributed by atoms with Crippen LogP contribution in [0.4, 0.5) is 0 Å². The second-order valence-corrected chi connectivity index (χ2v) is 5.31. The summed E-state index contributed by atoms with van der Waals surface area (Å²) in [6, 6.07) is 6.82. The lowest BCUT2D eigenvalue weighted by Crippen LogP contribution is -2.44. The number of aliphatic hydroxyl groups is 1. The standard InChI is InChI=1S/C15H23NO/c1-3-14(16)15(8-9-17)7-6-12-5-4-11(2)10-13(12)15/h4-5,10,14,17H,3,6-9,16H2,1-2H3. The van der Waals surface area contributed by atoms with Gasteiger partial charge in [-0.3, -0.25) is 0 Å². The van der Waals surface area contributed by atoms with Crippen molar-refractivity contribution in [2.45, 2.75) is 51.0 Å². The molecule has 0 bridgehead atoms. The van der Waals surface area contributed by atoms with Crippen molar-refractivity contribution in [2.24, 2.45) is 5.73 Å². The minimum Gasteiger partial charge on any atom is -0.396 e. The lowest BCUT2D eigenvalue weighted by molar-refractivity contribution is 0.210. The molecule has 0 saturated heterocycles. The number of aryl methyl sites for hydroxylation is 2. The fourth-order valence-corrected chi connectivity index (χ4v) is 3.28. The van der Waals surface area contributed by atoms with E-state index in [0.29, 0.717) is 0 Å². The first-order chi connectivity index (χ1) is 8.14. The van der Waals surface area contributed by atoms with Crippen LogP contribution in [0.3, 0.4) is 0 Å². The molecule has 0 saturated carbocycles. The van der Waals surface area contributed by atoms with Gasteiger partial charge in [-0.05, 0) is 43.7 Å². The Balaban J connectivity index is 2.47. The number of fused-ring (bicyclic) bond motifs is 1. The average molecular weight is 233 g/mol. The summed E-state index contributed by atoms with van der Waals surface area (Å²) < 4.78 is 0. The highest BCUT2D eigenvalue weighted by Crippen LogP contribution is 2.44. The van der Waals surface area contributed by atoms with Crippen LogP contribution in [-0.2, 0) is 11.8 Å². The minimum absolute atomic E-state index is 0.00481. The van der Waals surface area contributed by atoms with Gasteiger partial charge in [0.2, 0.25) is 0 Å². The first-order valence-corrected chi connectivity index (χ1v) is 6.60. The summed E-state index contributed by atoms with van der Waals surface area (Å²) >= 11 is 0. The molecule has 0 aromatic heterocycles. The third-order valence-electron chi connectivity index (χ3n) is 4.35. The molecule has 3 N–H and O–H groups in total. The van der Waals surface area contributed by atoms with Crippen molar-refractivity contribution < 1.29 is 5.11 Å². The maximum atomic E-state index is 9.38. The van der Waals surface area contributed by atoms with Gasteiger partial charge in [0, 0.05) is 18.1 Å². The Kier molecular flexibility index (Phi) is 3.55. The Bertz CT molecular complexity index is 398. The Hall–Kier alpha value is -0.860. The molecule has 0 heterocycles. The molecule has 1 aliphatic carbocycles. The first-order valence-electron chi connectivity index (χ1n) is 6.60. The molecule has 1 aromatic carbocycles. The van der Waals surface area contributed by atoms with Crippen LogP contribution in [0, 0.1) is 6.92 Å². The van der Waals surface area contributed by atoms with E-state index in [2.05, 4.69) is 32.0 Å². The fraction of sp³-hybridized carbons (Fsp3) is 0.600. The Morgan fingerprint density at radius 2 is 2.24 bits per heavy atom. The van der Waals surface area contributed by atoms with Crippen molar-refractivity contribution in [1.29, 1.82) is 0 Å². The van der Waals surface area contributed by atoms with E-state index >= 15 is 0 Å². The van der Waals surface area contributed by atoms with Crippen LogP contribution in [0.2, 0.25) is 0 Å². The average Bonchev–Trinajstić information content (AvgIpc) is 2.68. The van der Waals surface area contributed by atoms with Gasteiger partial charge in [-0.1, -0.05) is 30.7 Å². The van der Waals surface area contributed by atoms with E-state index in [1.807, 2.05) is 0 Å². The van der Waals surface area contributed by atoms with E-state index in [0.717, 1.165) is 25.7 Å². The summed E-state index contributed by atoms with van der Waals surface area (Å²) in [6.45, 7) is 4.48. The fourth-order valence-electron chi connectivity index (χ4n) is 3.28. The van der Waals surface area contributed by atoms with Crippen LogP contribution in [0.5, 0.6) is 0 Å². The molecule has 2 unspecified atom stereocenters. The zero-order valence-corrected chi connectivity index (χ0v) is 10.9. The molecule has 2 heteroatoms. The molecule has 0 aliphatic heterocycles. The highest BCUT2D eigenvalue weighted by atomic mass is 16.3. The SMILES string of the molecule is CCC(N)C1(CCO)CCc2ccc(C)cc21. The largest absolute Gasteiger partial charge is 0.396 e. The number of hydrogen-bond acceptors (Lipinski definition) is 2. The molecule has 17 heavy (non-hydrogen) atoms. The van der Waals surface area contributed by atoms with Gasteiger partial charge in [0.25, 0.3) is 0 Å². The number of aliphatic hydroxyl groups excluding tert-OH is 1. The van der Waals surface area contributed by atoms with E-state index in [1.165, 1.54) is 16.7 Å². The molecule has 2 rings (SSSR count). The predicted molar refractivity (Wildman–Crippen MR) is 71.1 cm³/mol. The minimum atomic E-state index is 0.00481. The van der Waals surface area contributed by atoms with Gasteiger partial charge < -0.3 is 10.8 Å². The van der Waals surface area contributed by atoms with Crippen molar-refractivity contribution >= 4 is 0 Å². The quantitative estimate of drug-likeness (QED) is 0.838. The molecule has 0 spiro atoms. The van der Waals surface area contributed by atoms with Gasteiger partial charge in [-0.2, -0.15) is 0 Å². The van der Waals surface area contributed by atoms with Crippen LogP contribution in [0.25, 0.3) is 0 Å². The zero-order chi connectivity index (χ0) is 12.5. The third-order valence-corrected chi connectivity index (χ3v) is 4.35. The molecule has 2 nitrogen and oxygen atoms in total. The normalized spacial score (nSPS) is 24.7. The summed E-state index contributed by atoms with van der Waals surface area (Å²) in [6.07, 6.45) is 3.94. The highest BCUT2D eigenvalue weighted by molar-refractivity contribution is 5.43. The smallest absolute Gasteiger partial charge is 0.0440 e. The topological polar surface area (TPSA) is 46.2 Å². The predicted octanol–water partition coefficient (Wildman–Crippen LogP) is 2.30. The lowest BCUT2D eigenvalue weighted by atomic mass is 9.72. The Labute approximate surface area is 104 Å². The van der Waals surface area contributed by atoms with Gasteiger partial charge in [0.1, 0.15) is 0 Å². The maximum absolute atomic E-state index is 9.38. The molecule has 2 atom stereocenters. The second kappa shape index (κ2) is 4.79. The first kappa shape index (κ1) is 12.6. The molecule has 1 aromatic rings. The Morgan fingerprint density at radius 1 is 1.47 bits per heavy atom. The van der Waals surface area contributed by atoms with Crippen molar-refractivity contribution in [2.75, 3.05) is 6.61 Å². The van der Waals surface area contributed by atoms with Crippen molar-refractivity contribution in [3.8, 4) is 0 Å². The number of rotatable bonds is 4. The van der Waals surface area contributed by atoms with Gasteiger partial charge >= 0.3 is 0 Å². The van der Waals surface area contributed by atoms with Crippen LogP contribution >= 0.6 is 0 Å². The molecular formula is C15H23NO. The zero-order valence-electron chi connectivity index (χ0n) is 10.9. The molecule has 1 aliphatic rings. The molecule has 0 fully saturated rings. The molecule has 94 valence electrons. The summed E-state index contributed by atoms with van der Waals surface area (Å²) in [5.41, 5.74) is 10.5. The van der Waals surface area contributed by atoms with Crippen molar-refractivity contribution in [3.63, 3.8) is 0 Å². The lowest BCUT2D eigenvalue weighted by Gasteiger charge is -2.36. The second-order valence-electron chi connectivity index (χ2n) is 5.31. The molecular weight excluding hydrogens is 210 g/mol. The summed E-state index contributed by atoms with van der Waals surface area (Å²) in [5, 5.41) is 9.38. The van der Waals surface area contributed by atoms with Crippen LogP contribution in [-0.4, -0.2) is 17.8 Å². The van der Waals surface area contributed by atoms with Gasteiger partial charge in [-0.15, -0.1) is 0 Å². The summed E-state index contributed by atoms with van der Waals surface area (Å²) in [4.78, 5) is 0. The molecule has 0 amide bonds. The number of nitrogens with two attached hydrogens (primary N) is 1. The van der Waals surface area contributed by atoms with E-state index < -0.39 is 0 Å². The molecule has 0 radical (unpaired) electrons. The highest BCUT2D eigenvalue weighted by Gasteiger charge is 2.42. The maximum Gasteiger partial charge on any atom is 0.0440 e. The van der Waals surface area contributed by atoms with Gasteiger partial charge in [0.15, 0.2) is 0 Å². The van der Waals surface area contributed by atoms with Crippen LogP contribution in [0.1, 0.15) is 42.9 Å². The summed E-state index contributed by atoms with van der Waals surface area (Å²) in [7, 11) is 0. The van der Waals surface area contributed by atoms with E-state index in [-0.39, 0.29) is 18.1 Å². The monoisotopic (exact) mass is 233 g/mol.